The molecule has 178 valence electrons. The summed E-state index contributed by atoms with van der Waals surface area (Å²) in [5.74, 6) is -0.844. The number of benzene rings is 3. The van der Waals surface area contributed by atoms with E-state index in [1.54, 1.807) is 18.2 Å². The summed E-state index contributed by atoms with van der Waals surface area (Å²) in [6, 6.07) is 18.7. The molecule has 0 aliphatic carbocycles. The van der Waals surface area contributed by atoms with Crippen molar-refractivity contribution < 1.29 is 18.7 Å². The number of nitrogens with one attached hydrogen (secondary N) is 2. The average Bonchev–Trinajstić information content (AvgIpc) is 2.84. The van der Waals surface area contributed by atoms with Crippen molar-refractivity contribution in [2.45, 2.75) is 13.0 Å². The standard InChI is InChI=1S/C25H19FI2N4O3/c26-20-4-2-1-3-19(20)25(34)30-10-9-23(33)32-31-14-18-11-21(27)24(22(28)12-18)35-15-17-7-5-16(13-29)6-8-17/h1-8,11-12,14H,9-10,15H2,(H,30,34)(H,32,33). The lowest BCUT2D eigenvalue weighted by molar-refractivity contribution is -0.120. The molecule has 7 nitrogen and oxygen atoms in total. The smallest absolute Gasteiger partial charge is 0.254 e. The van der Waals surface area contributed by atoms with Crippen molar-refractivity contribution in [1.82, 2.24) is 10.7 Å². The number of nitrogens with zero attached hydrogens (tertiary/aromatic N) is 2. The van der Waals surface area contributed by atoms with Crippen LogP contribution in [0, 0.1) is 24.3 Å². The van der Waals surface area contributed by atoms with Crippen LogP contribution in [-0.4, -0.2) is 24.6 Å². The van der Waals surface area contributed by atoms with Gasteiger partial charge < -0.3 is 10.1 Å². The number of rotatable bonds is 9. The third-order valence-corrected chi connectivity index (χ3v) is 6.25. The molecular weight excluding hydrogens is 677 g/mol. The zero-order chi connectivity index (χ0) is 25.2. The maximum atomic E-state index is 13.6. The van der Waals surface area contributed by atoms with E-state index < -0.39 is 11.7 Å². The van der Waals surface area contributed by atoms with Gasteiger partial charge in [-0.25, -0.2) is 9.82 Å². The van der Waals surface area contributed by atoms with Gasteiger partial charge in [0.05, 0.1) is 30.6 Å². The third kappa shape index (κ3) is 8.00. The van der Waals surface area contributed by atoms with Crippen LogP contribution in [0.5, 0.6) is 5.75 Å². The molecule has 0 atom stereocenters. The summed E-state index contributed by atoms with van der Waals surface area (Å²) in [5, 5.41) is 15.4. The fourth-order valence-electron chi connectivity index (χ4n) is 2.89. The zero-order valence-electron chi connectivity index (χ0n) is 18.2. The molecule has 0 unspecified atom stereocenters. The van der Waals surface area contributed by atoms with Gasteiger partial charge in [0.2, 0.25) is 5.91 Å². The molecule has 10 heteroatoms. The highest BCUT2D eigenvalue weighted by atomic mass is 127. The van der Waals surface area contributed by atoms with Gasteiger partial charge >= 0.3 is 0 Å². The highest BCUT2D eigenvalue weighted by Crippen LogP contribution is 2.29. The minimum atomic E-state index is -0.617. The van der Waals surface area contributed by atoms with Crippen molar-refractivity contribution in [3.8, 4) is 11.8 Å². The Balaban J connectivity index is 1.47. The maximum absolute atomic E-state index is 13.6. The van der Waals surface area contributed by atoms with E-state index in [-0.39, 0.29) is 24.4 Å². The van der Waals surface area contributed by atoms with Crippen LogP contribution < -0.4 is 15.5 Å². The Hall–Kier alpha value is -3.05. The number of carbonyl (C=O) groups is 2. The topological polar surface area (TPSA) is 104 Å². The monoisotopic (exact) mass is 696 g/mol. The number of hydrazone groups is 1. The normalized spacial score (nSPS) is 10.6. The fourth-order valence-corrected chi connectivity index (χ4v) is 5.02. The van der Waals surface area contributed by atoms with Crippen LogP contribution in [-0.2, 0) is 11.4 Å². The highest BCUT2D eigenvalue weighted by molar-refractivity contribution is 14.1. The molecule has 0 saturated carbocycles. The van der Waals surface area contributed by atoms with E-state index in [0.29, 0.717) is 12.2 Å². The quantitative estimate of drug-likeness (QED) is 0.192. The minimum absolute atomic E-state index is 0.00523. The first-order chi connectivity index (χ1) is 16.9. The first-order valence-corrected chi connectivity index (χ1v) is 12.5. The molecule has 3 aromatic carbocycles. The van der Waals surface area contributed by atoms with Crippen LogP contribution >= 0.6 is 45.2 Å². The van der Waals surface area contributed by atoms with Gasteiger partial charge in [0, 0.05) is 13.0 Å². The van der Waals surface area contributed by atoms with Crippen molar-refractivity contribution in [2.75, 3.05) is 6.54 Å². The summed E-state index contributed by atoms with van der Waals surface area (Å²) in [4.78, 5) is 23.9. The summed E-state index contributed by atoms with van der Waals surface area (Å²) < 4.78 is 21.3. The van der Waals surface area contributed by atoms with Crippen LogP contribution in [0.15, 0.2) is 65.8 Å². The summed E-state index contributed by atoms with van der Waals surface area (Å²) in [6.07, 6.45) is 1.51. The van der Waals surface area contributed by atoms with Gasteiger partial charge in [-0.2, -0.15) is 10.4 Å². The summed E-state index contributed by atoms with van der Waals surface area (Å²) in [6.45, 7) is 0.421. The van der Waals surface area contributed by atoms with E-state index >= 15 is 0 Å². The van der Waals surface area contributed by atoms with Gasteiger partial charge in [-0.1, -0.05) is 24.3 Å². The Morgan fingerprint density at radius 1 is 1.09 bits per heavy atom. The molecule has 0 aliphatic heterocycles. The lowest BCUT2D eigenvalue weighted by Crippen LogP contribution is -2.29. The molecule has 0 fully saturated rings. The van der Waals surface area contributed by atoms with Gasteiger partial charge in [-0.15, -0.1) is 0 Å². The Labute approximate surface area is 229 Å². The molecular formula is C25H19FI2N4O3. The molecule has 2 amide bonds. The largest absolute Gasteiger partial charge is 0.487 e. The van der Waals surface area contributed by atoms with Crippen LogP contribution in [0.3, 0.4) is 0 Å². The molecule has 3 aromatic rings. The number of halogens is 3. The maximum Gasteiger partial charge on any atom is 0.254 e. The second-order valence-corrected chi connectivity index (χ2v) is 9.51. The molecule has 3 rings (SSSR count). The fraction of sp³-hybridized carbons (Fsp3) is 0.120. The average molecular weight is 696 g/mol. The molecule has 0 radical (unpaired) electrons. The summed E-state index contributed by atoms with van der Waals surface area (Å²) in [7, 11) is 0. The van der Waals surface area contributed by atoms with E-state index in [9.17, 15) is 14.0 Å². The van der Waals surface area contributed by atoms with E-state index in [1.807, 2.05) is 24.3 Å². The number of amides is 2. The van der Waals surface area contributed by atoms with Crippen molar-refractivity contribution in [3.63, 3.8) is 0 Å². The van der Waals surface area contributed by atoms with E-state index in [1.165, 1.54) is 24.4 Å². The number of ether oxygens (including phenoxy) is 1. The van der Waals surface area contributed by atoms with Crippen molar-refractivity contribution in [1.29, 1.82) is 5.26 Å². The van der Waals surface area contributed by atoms with Crippen LogP contribution in [0.4, 0.5) is 4.39 Å². The molecule has 0 aromatic heterocycles. The summed E-state index contributed by atoms with van der Waals surface area (Å²) >= 11 is 4.35. The third-order valence-electron chi connectivity index (χ3n) is 4.65. The van der Waals surface area contributed by atoms with Crippen molar-refractivity contribution in [2.24, 2.45) is 5.10 Å². The minimum Gasteiger partial charge on any atom is -0.487 e. The van der Waals surface area contributed by atoms with Crippen LogP contribution in [0.1, 0.15) is 33.5 Å². The second-order valence-electron chi connectivity index (χ2n) is 7.19. The summed E-state index contributed by atoms with van der Waals surface area (Å²) in [5.41, 5.74) is 4.67. The Morgan fingerprint density at radius 3 is 2.43 bits per heavy atom. The first kappa shape index (κ1) is 26.6. The van der Waals surface area contributed by atoms with Gasteiger partial charge in [-0.3, -0.25) is 9.59 Å². The highest BCUT2D eigenvalue weighted by Gasteiger charge is 2.11. The van der Waals surface area contributed by atoms with Gasteiger partial charge in [-0.05, 0) is 92.7 Å². The second kappa shape index (κ2) is 13.1. The molecule has 0 bridgehead atoms. The number of hydrogen-bond donors (Lipinski definition) is 2. The first-order valence-electron chi connectivity index (χ1n) is 10.3. The Morgan fingerprint density at radius 2 is 1.77 bits per heavy atom. The van der Waals surface area contributed by atoms with Gasteiger partial charge in [0.15, 0.2) is 0 Å². The molecule has 0 heterocycles. The SMILES string of the molecule is N#Cc1ccc(COc2c(I)cc(C=NNC(=O)CCNC(=O)c3ccccc3F)cc2I)cc1. The van der Waals surface area contributed by atoms with Crippen LogP contribution in [0.2, 0.25) is 0 Å². The van der Waals surface area contributed by atoms with Gasteiger partial charge in [0.25, 0.3) is 5.91 Å². The molecule has 0 saturated heterocycles. The molecule has 35 heavy (non-hydrogen) atoms. The number of hydrogen-bond acceptors (Lipinski definition) is 5. The van der Waals surface area contributed by atoms with E-state index in [0.717, 1.165) is 24.0 Å². The van der Waals surface area contributed by atoms with E-state index in [2.05, 4.69) is 67.1 Å². The predicted octanol–water partition coefficient (Wildman–Crippen LogP) is 4.76. The van der Waals surface area contributed by atoms with Crippen LogP contribution in [0.25, 0.3) is 0 Å². The van der Waals surface area contributed by atoms with E-state index in [4.69, 9.17) is 10.00 Å². The Kier molecular flexibility index (Phi) is 9.98. The zero-order valence-corrected chi connectivity index (χ0v) is 22.5. The lowest BCUT2D eigenvalue weighted by Gasteiger charge is -2.11. The van der Waals surface area contributed by atoms with Crippen molar-refractivity contribution in [3.05, 3.63) is 95.9 Å². The predicted molar refractivity (Wildman–Crippen MR) is 146 cm³/mol. The molecule has 2 N–H and O–H groups in total. The lowest BCUT2D eigenvalue weighted by atomic mass is 10.1. The van der Waals surface area contributed by atoms with Crippen molar-refractivity contribution >= 4 is 63.2 Å². The van der Waals surface area contributed by atoms with Gasteiger partial charge in [0.1, 0.15) is 18.2 Å². The Bertz CT molecular complexity index is 1270. The number of carbonyl (C=O) groups excluding carboxylic acids is 2. The number of nitriles is 1. The molecule has 0 spiro atoms. The molecule has 0 aliphatic rings.